The summed E-state index contributed by atoms with van der Waals surface area (Å²) < 4.78 is 58.6. The van der Waals surface area contributed by atoms with Crippen molar-refractivity contribution in [2.45, 2.75) is 50.6 Å². The van der Waals surface area contributed by atoms with Gasteiger partial charge in [-0.15, -0.1) is 0 Å². The predicted molar refractivity (Wildman–Crippen MR) is 65.3 cm³/mol. The molecule has 8 heteroatoms. The van der Waals surface area contributed by atoms with Crippen LogP contribution in [0.15, 0.2) is 0 Å². The monoisotopic (exact) mass is 316 g/mol. The Bertz CT molecular complexity index is 341. The zero-order valence-corrected chi connectivity index (χ0v) is 11.8. The topological polar surface area (TPSA) is 55.8 Å². The van der Waals surface area contributed by atoms with Crippen molar-refractivity contribution in [3.05, 3.63) is 0 Å². The molecule has 1 aliphatic rings. The highest BCUT2D eigenvalue weighted by Gasteiger charge is 2.42. The number of hydrogen-bond donors (Lipinski definition) is 1. The number of rotatable bonds is 7. The van der Waals surface area contributed by atoms with E-state index in [0.717, 1.165) is 0 Å². The minimum Gasteiger partial charge on any atom is -0.466 e. The first-order valence-corrected chi connectivity index (χ1v) is 6.83. The zero-order valence-electron chi connectivity index (χ0n) is 11.8. The maximum absolute atomic E-state index is 12.7. The molecule has 0 aromatic carbocycles. The van der Waals surface area contributed by atoms with Gasteiger partial charge in [0.1, 0.15) is 6.61 Å². The number of carbonyl (C=O) groups excluding carboxylic acids is 1. The van der Waals surface area contributed by atoms with Crippen LogP contribution in [0, 0.1) is 5.92 Å². The van der Waals surface area contributed by atoms with E-state index in [0.29, 0.717) is 12.8 Å². The van der Waals surface area contributed by atoms with Crippen LogP contribution in [0.3, 0.4) is 0 Å². The Kier molecular flexibility index (Phi) is 6.40. The van der Waals surface area contributed by atoms with Crippen LogP contribution in [0.5, 0.6) is 0 Å². The van der Waals surface area contributed by atoms with E-state index < -0.39 is 31.2 Å². The summed E-state index contributed by atoms with van der Waals surface area (Å²) in [6, 6.07) is 0. The molecule has 0 aliphatic heterocycles. The molecule has 21 heavy (non-hydrogen) atoms. The largest absolute Gasteiger partial charge is 0.466 e. The van der Waals surface area contributed by atoms with E-state index in [1.807, 2.05) is 0 Å². The Labute approximate surface area is 120 Å². The number of alkyl halides is 4. The molecule has 0 saturated heterocycles. The Morgan fingerprint density at radius 1 is 1.38 bits per heavy atom. The van der Waals surface area contributed by atoms with Crippen LogP contribution in [0.2, 0.25) is 0 Å². The summed E-state index contributed by atoms with van der Waals surface area (Å²) in [6.07, 6.45) is -2.74. The molecule has 0 spiro atoms. The second kappa shape index (κ2) is 7.40. The van der Waals surface area contributed by atoms with Crippen molar-refractivity contribution in [2.24, 2.45) is 5.92 Å². The van der Waals surface area contributed by atoms with E-state index >= 15 is 0 Å². The summed E-state index contributed by atoms with van der Waals surface area (Å²) >= 11 is 0. The van der Waals surface area contributed by atoms with Gasteiger partial charge in [-0.2, -0.15) is 8.78 Å². The third-order valence-electron chi connectivity index (χ3n) is 3.52. The lowest BCUT2D eigenvalue weighted by atomic mass is 9.79. The molecule has 0 unspecified atom stereocenters. The number of ether oxygens (including phenoxy) is 2. The number of esters is 1. The average Bonchev–Trinajstić information content (AvgIpc) is 2.39. The minimum absolute atomic E-state index is 0.177. The quantitative estimate of drug-likeness (QED) is 0.579. The number of carbonyl (C=O) groups is 1. The van der Waals surface area contributed by atoms with E-state index in [2.05, 4.69) is 4.74 Å². The normalized spacial score (nSPS) is 26.9. The molecule has 4 nitrogen and oxygen atoms in total. The van der Waals surface area contributed by atoms with Gasteiger partial charge in [0.05, 0.1) is 24.7 Å². The van der Waals surface area contributed by atoms with Crippen LogP contribution in [0.25, 0.3) is 0 Å². The maximum atomic E-state index is 12.7. The standard InChI is InChI=1S/C13H20F4O4/c1-2-21-10(18)9-3-5-12(19,6-4-9)7-20-8-13(16,17)11(14)15/h9,11,19H,2-8H2,1H3. The van der Waals surface area contributed by atoms with Gasteiger partial charge < -0.3 is 14.6 Å². The van der Waals surface area contributed by atoms with Gasteiger partial charge in [0.25, 0.3) is 0 Å². The number of halogens is 4. The summed E-state index contributed by atoms with van der Waals surface area (Å²) in [5, 5.41) is 10.1. The lowest BCUT2D eigenvalue weighted by Crippen LogP contribution is -2.42. The highest BCUT2D eigenvalue weighted by molar-refractivity contribution is 5.72. The number of hydrogen-bond acceptors (Lipinski definition) is 4. The highest BCUT2D eigenvalue weighted by atomic mass is 19.3. The van der Waals surface area contributed by atoms with Gasteiger partial charge in [-0.05, 0) is 32.6 Å². The van der Waals surface area contributed by atoms with Gasteiger partial charge in [0.2, 0.25) is 0 Å². The molecule has 0 amide bonds. The van der Waals surface area contributed by atoms with Crippen molar-refractivity contribution < 1.29 is 36.9 Å². The van der Waals surface area contributed by atoms with Crippen molar-refractivity contribution in [2.75, 3.05) is 19.8 Å². The fourth-order valence-corrected chi connectivity index (χ4v) is 2.24. The molecule has 0 aromatic rings. The van der Waals surface area contributed by atoms with Crippen LogP contribution in [0.1, 0.15) is 32.6 Å². The molecule has 124 valence electrons. The molecule has 1 saturated carbocycles. The van der Waals surface area contributed by atoms with Gasteiger partial charge in [-0.3, -0.25) is 4.79 Å². The van der Waals surface area contributed by atoms with Gasteiger partial charge in [-0.25, -0.2) is 8.78 Å². The molecule has 0 bridgehead atoms. The second-order valence-electron chi connectivity index (χ2n) is 5.31. The molecular weight excluding hydrogens is 296 g/mol. The lowest BCUT2D eigenvalue weighted by molar-refractivity contribution is -0.182. The van der Waals surface area contributed by atoms with Crippen molar-refractivity contribution in [1.82, 2.24) is 0 Å². The van der Waals surface area contributed by atoms with Crippen LogP contribution in [0.4, 0.5) is 17.6 Å². The van der Waals surface area contributed by atoms with E-state index in [9.17, 15) is 27.5 Å². The van der Waals surface area contributed by atoms with E-state index in [1.165, 1.54) is 0 Å². The van der Waals surface area contributed by atoms with Crippen molar-refractivity contribution in [3.8, 4) is 0 Å². The molecular formula is C13H20F4O4. The zero-order chi connectivity index (χ0) is 16.1. The van der Waals surface area contributed by atoms with Crippen LogP contribution >= 0.6 is 0 Å². The smallest absolute Gasteiger partial charge is 0.330 e. The fourth-order valence-electron chi connectivity index (χ4n) is 2.24. The summed E-state index contributed by atoms with van der Waals surface area (Å²) in [4.78, 5) is 11.5. The summed E-state index contributed by atoms with van der Waals surface area (Å²) in [7, 11) is 0. The van der Waals surface area contributed by atoms with E-state index in [4.69, 9.17) is 4.74 Å². The van der Waals surface area contributed by atoms with Crippen molar-refractivity contribution >= 4 is 5.97 Å². The molecule has 1 fully saturated rings. The summed E-state index contributed by atoms with van der Waals surface area (Å²) in [5.74, 6) is -4.89. The van der Waals surface area contributed by atoms with Crippen LogP contribution < -0.4 is 0 Å². The molecule has 0 atom stereocenters. The van der Waals surface area contributed by atoms with Crippen LogP contribution in [-0.4, -0.2) is 48.8 Å². The fraction of sp³-hybridized carbons (Fsp3) is 0.923. The Morgan fingerprint density at radius 2 is 1.95 bits per heavy atom. The van der Waals surface area contributed by atoms with Crippen LogP contribution in [-0.2, 0) is 14.3 Å². The van der Waals surface area contributed by atoms with Gasteiger partial charge in [0, 0.05) is 0 Å². The minimum atomic E-state index is -4.22. The maximum Gasteiger partial charge on any atom is 0.330 e. The number of aliphatic hydroxyl groups is 1. The predicted octanol–water partition coefficient (Wildman–Crippen LogP) is 2.39. The van der Waals surface area contributed by atoms with Crippen molar-refractivity contribution in [1.29, 1.82) is 0 Å². The van der Waals surface area contributed by atoms with E-state index in [1.54, 1.807) is 6.92 Å². The lowest BCUT2D eigenvalue weighted by Gasteiger charge is -2.35. The molecule has 1 rings (SSSR count). The Balaban J connectivity index is 2.36. The third kappa shape index (κ3) is 5.43. The highest BCUT2D eigenvalue weighted by Crippen LogP contribution is 2.33. The SMILES string of the molecule is CCOC(=O)C1CCC(O)(COCC(F)(F)C(F)F)CC1. The summed E-state index contributed by atoms with van der Waals surface area (Å²) in [5.41, 5.74) is -1.36. The molecule has 0 heterocycles. The van der Waals surface area contributed by atoms with Gasteiger partial charge in [0.15, 0.2) is 0 Å². The van der Waals surface area contributed by atoms with Gasteiger partial charge >= 0.3 is 18.3 Å². The molecule has 0 aromatic heterocycles. The van der Waals surface area contributed by atoms with Crippen molar-refractivity contribution in [3.63, 3.8) is 0 Å². The first-order chi connectivity index (χ1) is 9.70. The average molecular weight is 316 g/mol. The second-order valence-corrected chi connectivity index (χ2v) is 5.31. The molecule has 1 aliphatic carbocycles. The Hall–Kier alpha value is -0.890. The molecule has 0 radical (unpaired) electrons. The summed E-state index contributed by atoms with van der Waals surface area (Å²) in [6.45, 7) is 0.0681. The third-order valence-corrected chi connectivity index (χ3v) is 3.52. The first kappa shape index (κ1) is 18.2. The first-order valence-electron chi connectivity index (χ1n) is 6.83. The van der Waals surface area contributed by atoms with E-state index in [-0.39, 0.29) is 31.3 Å². The van der Waals surface area contributed by atoms with Gasteiger partial charge in [-0.1, -0.05) is 0 Å². The molecule has 1 N–H and O–H groups in total. The Morgan fingerprint density at radius 3 is 2.43 bits per heavy atom.